The minimum Gasteiger partial charge on any atom is -0.490 e. The van der Waals surface area contributed by atoms with Gasteiger partial charge in [-0.3, -0.25) is 0 Å². The molecule has 0 saturated heterocycles. The summed E-state index contributed by atoms with van der Waals surface area (Å²) in [5.74, 6) is 0.760. The van der Waals surface area contributed by atoms with Crippen LogP contribution in [0.25, 0.3) is 0 Å². The molecule has 1 atom stereocenters. The van der Waals surface area contributed by atoms with E-state index in [1.807, 2.05) is 6.92 Å². The zero-order valence-corrected chi connectivity index (χ0v) is 8.03. The van der Waals surface area contributed by atoms with Crippen LogP contribution in [-0.4, -0.2) is 11.5 Å². The maximum absolute atomic E-state index is 10.4. The first kappa shape index (κ1) is 9.96. The molecule has 4 nitrogen and oxygen atoms in total. The lowest BCUT2D eigenvalue weighted by molar-refractivity contribution is 0.323. The fourth-order valence-electron chi connectivity index (χ4n) is 0.884. The molecule has 13 heavy (non-hydrogen) atoms. The molecule has 0 saturated carbocycles. The topological polar surface area (TPSA) is 55.8 Å². The van der Waals surface area contributed by atoms with Crippen molar-refractivity contribution in [2.24, 2.45) is 0 Å². The SMILES string of the molecule is CCOc1ccccc1O[P+](=O)O. The number of benzene rings is 1. The van der Waals surface area contributed by atoms with Gasteiger partial charge in [-0.1, -0.05) is 12.1 Å². The Kier molecular flexibility index (Phi) is 3.68. The van der Waals surface area contributed by atoms with Crippen molar-refractivity contribution < 1.29 is 18.7 Å². The highest BCUT2D eigenvalue weighted by Gasteiger charge is 2.17. The van der Waals surface area contributed by atoms with E-state index in [2.05, 4.69) is 4.52 Å². The fraction of sp³-hybridized carbons (Fsp3) is 0.250. The highest BCUT2D eigenvalue weighted by Crippen LogP contribution is 2.32. The van der Waals surface area contributed by atoms with E-state index in [0.29, 0.717) is 12.4 Å². The van der Waals surface area contributed by atoms with Gasteiger partial charge in [0, 0.05) is 4.57 Å². The first-order chi connectivity index (χ1) is 6.24. The summed E-state index contributed by atoms with van der Waals surface area (Å²) in [6.07, 6.45) is 0. The number of hydrogen-bond donors (Lipinski definition) is 1. The van der Waals surface area contributed by atoms with Gasteiger partial charge in [-0.25, -0.2) is 4.52 Å². The number of ether oxygens (including phenoxy) is 1. The van der Waals surface area contributed by atoms with Gasteiger partial charge in [0.2, 0.25) is 5.75 Å². The van der Waals surface area contributed by atoms with Gasteiger partial charge in [-0.05, 0) is 19.1 Å². The lowest BCUT2D eigenvalue weighted by Crippen LogP contribution is -1.93. The molecule has 0 aliphatic heterocycles. The molecule has 0 aliphatic rings. The second-order valence-electron chi connectivity index (χ2n) is 2.21. The van der Waals surface area contributed by atoms with Gasteiger partial charge in [0.05, 0.1) is 6.61 Å². The third-order valence-corrected chi connectivity index (χ3v) is 1.68. The van der Waals surface area contributed by atoms with Crippen molar-refractivity contribution in [3.63, 3.8) is 0 Å². The molecule has 0 spiro atoms. The van der Waals surface area contributed by atoms with E-state index in [1.54, 1.807) is 24.3 Å². The van der Waals surface area contributed by atoms with Crippen LogP contribution in [0.15, 0.2) is 24.3 Å². The predicted molar refractivity (Wildman–Crippen MR) is 48.1 cm³/mol. The van der Waals surface area contributed by atoms with E-state index in [-0.39, 0.29) is 5.75 Å². The minimum absolute atomic E-state index is 0.285. The largest absolute Gasteiger partial charge is 0.747 e. The molecule has 1 aromatic rings. The third-order valence-electron chi connectivity index (χ3n) is 1.33. The Morgan fingerprint density at radius 1 is 1.38 bits per heavy atom. The Hall–Kier alpha value is -1.12. The van der Waals surface area contributed by atoms with Gasteiger partial charge < -0.3 is 4.74 Å². The van der Waals surface area contributed by atoms with Crippen molar-refractivity contribution in [1.29, 1.82) is 0 Å². The lowest BCUT2D eigenvalue weighted by Gasteiger charge is -2.03. The Morgan fingerprint density at radius 2 is 2.00 bits per heavy atom. The van der Waals surface area contributed by atoms with Crippen molar-refractivity contribution >= 4 is 8.25 Å². The molecule has 0 radical (unpaired) electrons. The standard InChI is InChI=1S/C8H9O4P/c1-2-11-7-5-3-4-6-8(7)12-13(9)10/h3-6H,2H2,1H3/p+1. The molecular weight excluding hydrogens is 191 g/mol. The zero-order chi connectivity index (χ0) is 9.68. The van der Waals surface area contributed by atoms with Crippen LogP contribution < -0.4 is 9.26 Å². The van der Waals surface area contributed by atoms with Crippen molar-refractivity contribution in [2.75, 3.05) is 6.61 Å². The summed E-state index contributed by atoms with van der Waals surface area (Å²) in [4.78, 5) is 8.53. The summed E-state index contributed by atoms with van der Waals surface area (Å²) >= 11 is 0. The van der Waals surface area contributed by atoms with Crippen LogP contribution in [0.4, 0.5) is 0 Å². The van der Waals surface area contributed by atoms with E-state index in [1.165, 1.54) is 0 Å². The van der Waals surface area contributed by atoms with E-state index >= 15 is 0 Å². The van der Waals surface area contributed by atoms with Gasteiger partial charge in [-0.2, -0.15) is 0 Å². The number of para-hydroxylation sites is 2. The van der Waals surface area contributed by atoms with E-state index in [9.17, 15) is 4.57 Å². The molecule has 0 aliphatic carbocycles. The molecule has 0 heterocycles. The Labute approximate surface area is 77.1 Å². The zero-order valence-electron chi connectivity index (χ0n) is 7.14. The first-order valence-electron chi connectivity index (χ1n) is 3.80. The maximum atomic E-state index is 10.4. The van der Waals surface area contributed by atoms with Crippen LogP contribution >= 0.6 is 8.25 Å². The summed E-state index contributed by atoms with van der Waals surface area (Å²) in [5.41, 5.74) is 0. The van der Waals surface area contributed by atoms with Crippen molar-refractivity contribution in [3.8, 4) is 11.5 Å². The van der Waals surface area contributed by atoms with Gasteiger partial charge in [-0.15, -0.1) is 4.89 Å². The highest BCUT2D eigenvalue weighted by molar-refractivity contribution is 7.32. The van der Waals surface area contributed by atoms with Crippen LogP contribution in [0.3, 0.4) is 0 Å². The summed E-state index contributed by atoms with van der Waals surface area (Å²) in [7, 11) is -2.63. The molecule has 0 fully saturated rings. The van der Waals surface area contributed by atoms with Crippen LogP contribution in [0.1, 0.15) is 6.92 Å². The number of hydrogen-bond acceptors (Lipinski definition) is 3. The molecule has 1 N–H and O–H groups in total. The summed E-state index contributed by atoms with van der Waals surface area (Å²) < 4.78 is 20.2. The molecule has 0 bridgehead atoms. The fourth-order valence-corrected chi connectivity index (χ4v) is 1.20. The highest BCUT2D eigenvalue weighted by atomic mass is 31.1. The average Bonchev–Trinajstić information content (AvgIpc) is 2.08. The summed E-state index contributed by atoms with van der Waals surface area (Å²) in [5, 5.41) is 0. The lowest BCUT2D eigenvalue weighted by atomic mass is 10.3. The van der Waals surface area contributed by atoms with Crippen molar-refractivity contribution in [1.82, 2.24) is 0 Å². The normalized spacial score (nSPS) is 10.8. The summed E-state index contributed by atoms with van der Waals surface area (Å²) in [6.45, 7) is 2.32. The van der Waals surface area contributed by atoms with Crippen LogP contribution in [0.5, 0.6) is 11.5 Å². The van der Waals surface area contributed by atoms with E-state index in [4.69, 9.17) is 9.63 Å². The number of rotatable bonds is 4. The van der Waals surface area contributed by atoms with Gasteiger partial charge in [0.15, 0.2) is 5.75 Å². The van der Waals surface area contributed by atoms with Gasteiger partial charge in [0.1, 0.15) is 0 Å². The predicted octanol–water partition coefficient (Wildman–Crippen LogP) is 2.11. The smallest absolute Gasteiger partial charge is 0.490 e. The second kappa shape index (κ2) is 4.80. The Balaban J connectivity index is 2.84. The van der Waals surface area contributed by atoms with Crippen molar-refractivity contribution in [3.05, 3.63) is 24.3 Å². The Bertz CT molecular complexity index is 300. The monoisotopic (exact) mass is 201 g/mol. The molecule has 1 aromatic carbocycles. The molecule has 0 amide bonds. The van der Waals surface area contributed by atoms with Crippen molar-refractivity contribution in [2.45, 2.75) is 6.92 Å². The van der Waals surface area contributed by atoms with Crippen LogP contribution in [-0.2, 0) is 4.57 Å². The third kappa shape index (κ3) is 3.01. The quantitative estimate of drug-likeness (QED) is 0.758. The molecule has 5 heteroatoms. The molecule has 70 valence electrons. The van der Waals surface area contributed by atoms with E-state index < -0.39 is 8.25 Å². The molecule has 1 unspecified atom stereocenters. The second-order valence-corrected chi connectivity index (χ2v) is 2.87. The first-order valence-corrected chi connectivity index (χ1v) is 4.93. The molecule has 1 rings (SSSR count). The van der Waals surface area contributed by atoms with Crippen LogP contribution in [0.2, 0.25) is 0 Å². The Morgan fingerprint density at radius 3 is 2.54 bits per heavy atom. The van der Waals surface area contributed by atoms with E-state index in [0.717, 1.165) is 0 Å². The van der Waals surface area contributed by atoms with Gasteiger partial charge >= 0.3 is 8.25 Å². The maximum Gasteiger partial charge on any atom is 0.747 e. The van der Waals surface area contributed by atoms with Gasteiger partial charge in [0.25, 0.3) is 0 Å². The summed E-state index contributed by atoms with van der Waals surface area (Å²) in [6, 6.07) is 6.73. The average molecular weight is 201 g/mol. The minimum atomic E-state index is -2.63. The van der Waals surface area contributed by atoms with Crippen LogP contribution in [0, 0.1) is 0 Å². The molecule has 0 aromatic heterocycles. The molecular formula is C8H10O4P+.